The Morgan fingerprint density at radius 1 is 1.28 bits per heavy atom. The zero-order valence-electron chi connectivity index (χ0n) is 16.6. The van der Waals surface area contributed by atoms with Gasteiger partial charge in [0.05, 0.1) is 18.9 Å². The van der Waals surface area contributed by atoms with Crippen LogP contribution in [0.25, 0.3) is 10.2 Å². The molecule has 9 nitrogen and oxygen atoms in total. The molecule has 0 unspecified atom stereocenters. The second-order valence-electron chi connectivity index (χ2n) is 7.13. The highest BCUT2D eigenvalue weighted by atomic mass is 32.1. The van der Waals surface area contributed by atoms with Gasteiger partial charge < -0.3 is 19.4 Å². The molecule has 0 radical (unpaired) electrons. The van der Waals surface area contributed by atoms with Gasteiger partial charge in [0.2, 0.25) is 0 Å². The molecular weight excluding hydrogens is 398 g/mol. The lowest BCUT2D eigenvalue weighted by atomic mass is 9.99. The monoisotopic (exact) mass is 421 g/mol. The van der Waals surface area contributed by atoms with E-state index < -0.39 is 17.5 Å². The molecule has 1 N–H and O–H groups in total. The van der Waals surface area contributed by atoms with E-state index in [2.05, 4.69) is 16.9 Å². The predicted octanol–water partition coefficient (Wildman–Crippen LogP) is 1.42. The largest absolute Gasteiger partial charge is 0.465 e. The summed E-state index contributed by atoms with van der Waals surface area (Å²) in [4.78, 5) is 58.0. The number of ether oxygens (including phenoxy) is 2. The number of H-pyrrole nitrogens is 1. The number of fused-ring (bicyclic) bond motifs is 1. The molecule has 1 amide bonds. The Kier molecular flexibility index (Phi) is 6.31. The minimum absolute atomic E-state index is 0.124. The van der Waals surface area contributed by atoms with Gasteiger partial charge in [0.1, 0.15) is 15.5 Å². The normalized spacial score (nSPS) is 14.8. The molecule has 0 aliphatic carbocycles. The molecule has 2 aromatic rings. The number of esters is 2. The zero-order valence-corrected chi connectivity index (χ0v) is 17.4. The van der Waals surface area contributed by atoms with E-state index in [4.69, 9.17) is 9.47 Å². The molecule has 1 saturated heterocycles. The molecule has 29 heavy (non-hydrogen) atoms. The molecule has 0 aromatic carbocycles. The summed E-state index contributed by atoms with van der Waals surface area (Å²) in [5.41, 5.74) is -0.241. The maximum atomic E-state index is 12.4. The number of rotatable bonds is 5. The Labute approximate surface area is 171 Å². The van der Waals surface area contributed by atoms with Gasteiger partial charge in [-0.3, -0.25) is 14.4 Å². The Balaban J connectivity index is 1.75. The number of nitrogens with zero attached hydrogens (tertiary/aromatic N) is 2. The summed E-state index contributed by atoms with van der Waals surface area (Å²) in [6, 6.07) is 0. The van der Waals surface area contributed by atoms with Gasteiger partial charge in [0.15, 0.2) is 6.61 Å². The van der Waals surface area contributed by atoms with Crippen LogP contribution in [-0.4, -0.2) is 59.5 Å². The minimum Gasteiger partial charge on any atom is -0.465 e. The molecule has 0 spiro atoms. The summed E-state index contributed by atoms with van der Waals surface area (Å²) in [6.45, 7) is 4.71. The van der Waals surface area contributed by atoms with Crippen LogP contribution in [0.1, 0.15) is 40.8 Å². The molecule has 1 aliphatic heterocycles. The first-order valence-electron chi connectivity index (χ1n) is 9.34. The van der Waals surface area contributed by atoms with Crippen LogP contribution in [0.2, 0.25) is 0 Å². The third-order valence-electron chi connectivity index (χ3n) is 4.96. The number of nitrogens with one attached hydrogen (secondary N) is 1. The number of aromatic amines is 1. The highest BCUT2D eigenvalue weighted by Gasteiger charge is 2.26. The number of hydrogen-bond acceptors (Lipinski definition) is 8. The van der Waals surface area contributed by atoms with Crippen LogP contribution in [0, 0.1) is 12.8 Å². The van der Waals surface area contributed by atoms with E-state index in [0.717, 1.165) is 24.2 Å². The topological polar surface area (TPSA) is 119 Å². The molecule has 2 aromatic heterocycles. The number of thiophene rings is 1. The van der Waals surface area contributed by atoms with Crippen LogP contribution >= 0.6 is 11.3 Å². The van der Waals surface area contributed by atoms with Gasteiger partial charge in [0.25, 0.3) is 11.5 Å². The molecule has 10 heteroatoms. The van der Waals surface area contributed by atoms with Crippen molar-refractivity contribution in [2.45, 2.75) is 33.1 Å². The molecule has 0 saturated carbocycles. The smallest absolute Gasteiger partial charge is 0.348 e. The molecule has 0 bridgehead atoms. The maximum Gasteiger partial charge on any atom is 0.348 e. The summed E-state index contributed by atoms with van der Waals surface area (Å²) in [7, 11) is 1.22. The van der Waals surface area contributed by atoms with Crippen LogP contribution in [0.3, 0.4) is 0 Å². The van der Waals surface area contributed by atoms with Crippen molar-refractivity contribution in [1.29, 1.82) is 0 Å². The van der Waals surface area contributed by atoms with Gasteiger partial charge in [-0.05, 0) is 25.7 Å². The van der Waals surface area contributed by atoms with Crippen LogP contribution in [-0.2, 0) is 25.5 Å². The first-order valence-corrected chi connectivity index (χ1v) is 10.2. The van der Waals surface area contributed by atoms with E-state index in [0.29, 0.717) is 29.7 Å². The first-order chi connectivity index (χ1) is 13.8. The lowest BCUT2D eigenvalue weighted by Crippen LogP contribution is -2.40. The van der Waals surface area contributed by atoms with Gasteiger partial charge in [-0.1, -0.05) is 6.92 Å². The molecule has 3 rings (SSSR count). The number of likely N-dealkylation sites (tertiary alicyclic amines) is 1. The number of amides is 1. The standard InChI is InChI=1S/C19H23N3O6S/c1-10-4-6-22(7-5-10)13(23)9-28-14(24)8-12-15-17(25)20-11(2)21-18(15)29-16(12)19(26)27-3/h10H,4-9H2,1-3H3,(H,20,21,25). The third kappa shape index (κ3) is 4.64. The van der Waals surface area contributed by atoms with Crippen molar-refractivity contribution in [1.82, 2.24) is 14.9 Å². The summed E-state index contributed by atoms with van der Waals surface area (Å²) in [6.07, 6.45) is 1.53. The lowest BCUT2D eigenvalue weighted by Gasteiger charge is -2.30. The van der Waals surface area contributed by atoms with Crippen molar-refractivity contribution in [3.05, 3.63) is 26.6 Å². The average molecular weight is 421 g/mol. The quantitative estimate of drug-likeness (QED) is 0.725. The SMILES string of the molecule is COC(=O)c1sc2nc(C)[nH]c(=O)c2c1CC(=O)OCC(=O)N1CCC(C)CC1. The van der Waals surface area contributed by atoms with Gasteiger partial charge in [-0.2, -0.15) is 0 Å². The number of carbonyl (C=O) groups is 3. The first kappa shape index (κ1) is 21.0. The van der Waals surface area contributed by atoms with E-state index in [1.807, 2.05) is 0 Å². The fraction of sp³-hybridized carbons (Fsp3) is 0.526. The Bertz CT molecular complexity index is 1000. The lowest BCUT2D eigenvalue weighted by molar-refractivity contribution is -0.152. The van der Waals surface area contributed by atoms with Gasteiger partial charge >= 0.3 is 11.9 Å². The summed E-state index contributed by atoms with van der Waals surface area (Å²) in [5, 5.41) is 0.161. The van der Waals surface area contributed by atoms with Crippen LogP contribution in [0.4, 0.5) is 0 Å². The van der Waals surface area contributed by atoms with Crippen molar-refractivity contribution in [3.8, 4) is 0 Å². The number of aryl methyl sites for hydroxylation is 1. The number of carbonyl (C=O) groups excluding carboxylic acids is 3. The number of methoxy groups -OCH3 is 1. The number of piperidine rings is 1. The predicted molar refractivity (Wildman–Crippen MR) is 106 cm³/mol. The van der Waals surface area contributed by atoms with Crippen LogP contribution in [0.5, 0.6) is 0 Å². The van der Waals surface area contributed by atoms with Crippen molar-refractivity contribution >= 4 is 39.4 Å². The second-order valence-corrected chi connectivity index (χ2v) is 8.13. The Morgan fingerprint density at radius 2 is 1.97 bits per heavy atom. The van der Waals surface area contributed by atoms with Gasteiger partial charge in [-0.15, -0.1) is 11.3 Å². The van der Waals surface area contributed by atoms with Crippen molar-refractivity contribution in [2.75, 3.05) is 26.8 Å². The highest BCUT2D eigenvalue weighted by molar-refractivity contribution is 7.20. The van der Waals surface area contributed by atoms with E-state index in [1.165, 1.54) is 7.11 Å². The van der Waals surface area contributed by atoms with Crippen LogP contribution < -0.4 is 5.56 Å². The molecular formula is C19H23N3O6S. The van der Waals surface area contributed by atoms with E-state index in [9.17, 15) is 19.2 Å². The average Bonchev–Trinajstić information content (AvgIpc) is 3.04. The van der Waals surface area contributed by atoms with Crippen molar-refractivity contribution in [3.63, 3.8) is 0 Å². The summed E-state index contributed by atoms with van der Waals surface area (Å²) >= 11 is 0.986. The maximum absolute atomic E-state index is 12.4. The molecule has 1 aliphatic rings. The van der Waals surface area contributed by atoms with Crippen molar-refractivity contribution in [2.24, 2.45) is 5.92 Å². The molecule has 1 fully saturated rings. The Morgan fingerprint density at radius 3 is 2.62 bits per heavy atom. The summed E-state index contributed by atoms with van der Waals surface area (Å²) in [5.74, 6) is -0.625. The summed E-state index contributed by atoms with van der Waals surface area (Å²) < 4.78 is 9.89. The molecule has 0 atom stereocenters. The number of hydrogen-bond donors (Lipinski definition) is 1. The zero-order chi connectivity index (χ0) is 21.1. The Hall–Kier alpha value is -2.75. The van der Waals surface area contributed by atoms with Crippen molar-refractivity contribution < 1.29 is 23.9 Å². The molecule has 156 valence electrons. The molecule has 3 heterocycles. The third-order valence-corrected chi connectivity index (χ3v) is 6.07. The highest BCUT2D eigenvalue weighted by Crippen LogP contribution is 2.29. The van der Waals surface area contributed by atoms with Gasteiger partial charge in [-0.25, -0.2) is 9.78 Å². The fourth-order valence-corrected chi connectivity index (χ4v) is 4.44. The second kappa shape index (κ2) is 8.73. The van der Waals surface area contributed by atoms with Gasteiger partial charge in [0, 0.05) is 18.7 Å². The minimum atomic E-state index is -0.700. The van der Waals surface area contributed by atoms with E-state index >= 15 is 0 Å². The van der Waals surface area contributed by atoms with E-state index in [1.54, 1.807) is 11.8 Å². The van der Waals surface area contributed by atoms with E-state index in [-0.39, 0.29) is 34.8 Å². The fourth-order valence-electron chi connectivity index (χ4n) is 3.28. The number of aromatic nitrogens is 2. The van der Waals surface area contributed by atoms with Crippen LogP contribution in [0.15, 0.2) is 4.79 Å².